The van der Waals surface area contributed by atoms with Crippen molar-refractivity contribution in [3.05, 3.63) is 47.4 Å². The lowest BCUT2D eigenvalue weighted by Crippen LogP contribution is -1.86. The number of imidazole rings is 1. The van der Waals surface area contributed by atoms with Crippen LogP contribution in [0.5, 0.6) is 0 Å². The van der Waals surface area contributed by atoms with Crippen LogP contribution in [0.2, 0.25) is 0 Å². The number of hydrogen-bond donors (Lipinski definition) is 2. The average Bonchev–Trinajstić information content (AvgIpc) is 2.79. The Labute approximate surface area is 105 Å². The van der Waals surface area contributed by atoms with Crippen molar-refractivity contribution in [2.75, 3.05) is 0 Å². The minimum atomic E-state index is -0.987. The SMILES string of the molecule is Cc1ccc(-c2cnc(/C=C/C(=O)O)[nH]2)cc1C. The molecular formula is C14H14N2O2. The Balaban J connectivity index is 2.29. The molecule has 4 nitrogen and oxygen atoms in total. The van der Waals surface area contributed by atoms with Gasteiger partial charge in [0.2, 0.25) is 0 Å². The number of rotatable bonds is 3. The summed E-state index contributed by atoms with van der Waals surface area (Å²) in [5.74, 6) is -0.454. The lowest BCUT2D eigenvalue weighted by molar-refractivity contribution is -0.131. The van der Waals surface area contributed by atoms with Crippen LogP contribution in [0.1, 0.15) is 17.0 Å². The van der Waals surface area contributed by atoms with Crippen molar-refractivity contribution < 1.29 is 9.90 Å². The van der Waals surface area contributed by atoms with Crippen LogP contribution in [-0.4, -0.2) is 21.0 Å². The summed E-state index contributed by atoms with van der Waals surface area (Å²) >= 11 is 0. The van der Waals surface area contributed by atoms with Crippen molar-refractivity contribution in [1.82, 2.24) is 9.97 Å². The van der Waals surface area contributed by atoms with Crippen LogP contribution in [0, 0.1) is 13.8 Å². The summed E-state index contributed by atoms with van der Waals surface area (Å²) in [5, 5.41) is 8.54. The van der Waals surface area contributed by atoms with Gasteiger partial charge in [-0.05, 0) is 42.7 Å². The summed E-state index contributed by atoms with van der Waals surface area (Å²) in [6.07, 6.45) is 4.20. The van der Waals surface area contributed by atoms with Crippen LogP contribution in [0.25, 0.3) is 17.3 Å². The molecule has 0 radical (unpaired) electrons. The molecule has 0 bridgehead atoms. The molecule has 0 spiro atoms. The van der Waals surface area contributed by atoms with Crippen molar-refractivity contribution in [2.24, 2.45) is 0 Å². The minimum Gasteiger partial charge on any atom is -0.478 e. The third kappa shape index (κ3) is 2.66. The van der Waals surface area contributed by atoms with Gasteiger partial charge < -0.3 is 10.1 Å². The molecule has 2 aromatic rings. The van der Waals surface area contributed by atoms with Crippen molar-refractivity contribution >= 4 is 12.0 Å². The third-order valence-electron chi connectivity index (χ3n) is 2.80. The number of aliphatic carboxylic acids is 1. The van der Waals surface area contributed by atoms with Crippen LogP contribution >= 0.6 is 0 Å². The molecule has 0 aliphatic carbocycles. The Morgan fingerprint density at radius 3 is 2.78 bits per heavy atom. The summed E-state index contributed by atoms with van der Waals surface area (Å²) < 4.78 is 0. The molecule has 4 heteroatoms. The standard InChI is InChI=1S/C14H14N2O2/c1-9-3-4-11(7-10(9)2)12-8-15-13(16-12)5-6-14(17)18/h3-8H,1-2H3,(H,15,16)(H,17,18)/b6-5+. The lowest BCUT2D eigenvalue weighted by atomic mass is 10.1. The predicted molar refractivity (Wildman–Crippen MR) is 70.2 cm³/mol. The number of aromatic amines is 1. The Morgan fingerprint density at radius 1 is 1.33 bits per heavy atom. The van der Waals surface area contributed by atoms with Gasteiger partial charge in [0.25, 0.3) is 0 Å². The normalized spacial score (nSPS) is 11.0. The molecule has 2 rings (SSSR count). The van der Waals surface area contributed by atoms with Gasteiger partial charge in [0.15, 0.2) is 0 Å². The maximum Gasteiger partial charge on any atom is 0.328 e. The molecule has 1 heterocycles. The zero-order chi connectivity index (χ0) is 13.1. The van der Waals surface area contributed by atoms with E-state index in [1.807, 2.05) is 6.07 Å². The first-order valence-electron chi connectivity index (χ1n) is 5.60. The van der Waals surface area contributed by atoms with Gasteiger partial charge in [-0.1, -0.05) is 12.1 Å². The number of carbonyl (C=O) groups is 1. The van der Waals surface area contributed by atoms with Gasteiger partial charge in [-0.3, -0.25) is 0 Å². The molecule has 0 atom stereocenters. The molecule has 2 N–H and O–H groups in total. The van der Waals surface area contributed by atoms with E-state index in [-0.39, 0.29) is 0 Å². The first-order chi connectivity index (χ1) is 8.56. The van der Waals surface area contributed by atoms with Crippen LogP contribution in [0.15, 0.2) is 30.5 Å². The molecule has 0 fully saturated rings. The smallest absolute Gasteiger partial charge is 0.328 e. The van der Waals surface area contributed by atoms with E-state index in [2.05, 4.69) is 35.9 Å². The van der Waals surface area contributed by atoms with E-state index in [0.717, 1.165) is 17.3 Å². The summed E-state index contributed by atoms with van der Waals surface area (Å²) in [6.45, 7) is 4.12. The van der Waals surface area contributed by atoms with Crippen molar-refractivity contribution in [3.63, 3.8) is 0 Å². The molecule has 0 aliphatic rings. The highest BCUT2D eigenvalue weighted by atomic mass is 16.4. The molecule has 0 amide bonds. The largest absolute Gasteiger partial charge is 0.478 e. The van der Waals surface area contributed by atoms with Gasteiger partial charge in [-0.2, -0.15) is 0 Å². The quantitative estimate of drug-likeness (QED) is 0.813. The van der Waals surface area contributed by atoms with Crippen molar-refractivity contribution in [3.8, 4) is 11.3 Å². The topological polar surface area (TPSA) is 66.0 Å². The van der Waals surface area contributed by atoms with Crippen LogP contribution in [-0.2, 0) is 4.79 Å². The van der Waals surface area contributed by atoms with Crippen molar-refractivity contribution in [2.45, 2.75) is 13.8 Å². The maximum atomic E-state index is 10.4. The van der Waals surface area contributed by atoms with E-state index in [4.69, 9.17) is 5.11 Å². The molecular weight excluding hydrogens is 228 g/mol. The van der Waals surface area contributed by atoms with Gasteiger partial charge in [0, 0.05) is 6.08 Å². The summed E-state index contributed by atoms with van der Waals surface area (Å²) in [5.41, 5.74) is 4.37. The second-order valence-corrected chi connectivity index (χ2v) is 4.15. The number of carboxylic acids is 1. The van der Waals surface area contributed by atoms with E-state index in [0.29, 0.717) is 5.82 Å². The fourth-order valence-corrected chi connectivity index (χ4v) is 1.63. The zero-order valence-corrected chi connectivity index (χ0v) is 10.3. The third-order valence-corrected chi connectivity index (χ3v) is 2.80. The second kappa shape index (κ2) is 4.87. The second-order valence-electron chi connectivity index (χ2n) is 4.15. The Bertz CT molecular complexity index is 612. The highest BCUT2D eigenvalue weighted by Crippen LogP contribution is 2.20. The van der Waals surface area contributed by atoms with E-state index in [9.17, 15) is 4.79 Å². The molecule has 0 aliphatic heterocycles. The monoisotopic (exact) mass is 242 g/mol. The van der Waals surface area contributed by atoms with E-state index in [1.54, 1.807) is 6.20 Å². The number of H-pyrrole nitrogens is 1. The van der Waals surface area contributed by atoms with Gasteiger partial charge >= 0.3 is 5.97 Å². The summed E-state index contributed by atoms with van der Waals surface area (Å²) in [7, 11) is 0. The van der Waals surface area contributed by atoms with Gasteiger partial charge in [0.1, 0.15) is 5.82 Å². The van der Waals surface area contributed by atoms with Gasteiger partial charge in [-0.15, -0.1) is 0 Å². The number of aryl methyl sites for hydroxylation is 2. The number of benzene rings is 1. The predicted octanol–water partition coefficient (Wildman–Crippen LogP) is 2.79. The van der Waals surface area contributed by atoms with E-state index in [1.165, 1.54) is 17.2 Å². The van der Waals surface area contributed by atoms with Gasteiger partial charge in [0.05, 0.1) is 11.9 Å². The fraction of sp³-hybridized carbons (Fsp3) is 0.143. The number of nitrogens with one attached hydrogen (secondary N) is 1. The molecule has 0 unspecified atom stereocenters. The molecule has 1 aromatic carbocycles. The van der Waals surface area contributed by atoms with Crippen LogP contribution < -0.4 is 0 Å². The minimum absolute atomic E-state index is 0.533. The summed E-state index contributed by atoms with van der Waals surface area (Å²) in [4.78, 5) is 17.6. The Hall–Kier alpha value is -2.36. The van der Waals surface area contributed by atoms with Crippen LogP contribution in [0.4, 0.5) is 0 Å². The molecule has 92 valence electrons. The van der Waals surface area contributed by atoms with Crippen LogP contribution in [0.3, 0.4) is 0 Å². The highest BCUT2D eigenvalue weighted by Gasteiger charge is 2.03. The zero-order valence-electron chi connectivity index (χ0n) is 10.3. The maximum absolute atomic E-state index is 10.4. The number of nitrogens with zero attached hydrogens (tertiary/aromatic N) is 1. The average molecular weight is 242 g/mol. The molecule has 18 heavy (non-hydrogen) atoms. The number of aromatic nitrogens is 2. The lowest BCUT2D eigenvalue weighted by Gasteiger charge is -2.02. The van der Waals surface area contributed by atoms with Crippen molar-refractivity contribution in [1.29, 1.82) is 0 Å². The van der Waals surface area contributed by atoms with Gasteiger partial charge in [-0.25, -0.2) is 9.78 Å². The molecule has 0 saturated heterocycles. The highest BCUT2D eigenvalue weighted by molar-refractivity contribution is 5.84. The summed E-state index contributed by atoms with van der Waals surface area (Å²) in [6, 6.07) is 6.15. The van der Waals surface area contributed by atoms with E-state index < -0.39 is 5.97 Å². The molecule has 1 aromatic heterocycles. The number of carboxylic acid groups (broad SMARTS) is 1. The Morgan fingerprint density at radius 2 is 2.11 bits per heavy atom. The first-order valence-corrected chi connectivity index (χ1v) is 5.60. The Kier molecular flexibility index (Phi) is 3.28. The number of hydrogen-bond acceptors (Lipinski definition) is 2. The first kappa shape index (κ1) is 12.1. The fourth-order valence-electron chi connectivity index (χ4n) is 1.63. The van der Waals surface area contributed by atoms with E-state index >= 15 is 0 Å². The molecule has 0 saturated carbocycles.